The van der Waals surface area contributed by atoms with Crippen molar-refractivity contribution in [2.45, 2.75) is 58.9 Å². The molecule has 1 aliphatic carbocycles. The van der Waals surface area contributed by atoms with Gasteiger partial charge in [-0.15, -0.1) is 0 Å². The molecule has 2 aliphatic rings. The Hall–Kier alpha value is -1.95. The summed E-state index contributed by atoms with van der Waals surface area (Å²) in [4.78, 5) is 9.60. The van der Waals surface area contributed by atoms with Gasteiger partial charge in [-0.2, -0.15) is 5.10 Å². The summed E-state index contributed by atoms with van der Waals surface area (Å²) in [5, 5.41) is 10.7. The maximum Gasteiger partial charge on any atom is 0.153 e. The van der Waals surface area contributed by atoms with E-state index in [0.29, 0.717) is 5.92 Å². The van der Waals surface area contributed by atoms with E-state index in [1.807, 2.05) is 12.3 Å². The van der Waals surface area contributed by atoms with Gasteiger partial charge in [0.2, 0.25) is 0 Å². The SMILES string of the molecule is CC1CCC(C[N+]2(C)CCc3nc(Nc4cc(C(C)C)[nH]n4)cnc3C2)C1. The number of anilines is 2. The highest BCUT2D eigenvalue weighted by molar-refractivity contribution is 5.51. The van der Waals surface area contributed by atoms with E-state index in [9.17, 15) is 0 Å². The fourth-order valence-corrected chi connectivity index (χ4v) is 4.76. The van der Waals surface area contributed by atoms with Crippen LogP contribution >= 0.6 is 0 Å². The molecule has 1 aliphatic heterocycles. The van der Waals surface area contributed by atoms with Crippen LogP contribution in [0, 0.1) is 11.8 Å². The summed E-state index contributed by atoms with van der Waals surface area (Å²) in [5.74, 6) is 3.82. The van der Waals surface area contributed by atoms with Crippen molar-refractivity contribution in [2.75, 3.05) is 25.5 Å². The molecule has 27 heavy (non-hydrogen) atoms. The van der Waals surface area contributed by atoms with E-state index in [1.165, 1.54) is 31.5 Å². The van der Waals surface area contributed by atoms with Crippen molar-refractivity contribution in [1.29, 1.82) is 0 Å². The van der Waals surface area contributed by atoms with Gasteiger partial charge < -0.3 is 9.80 Å². The third kappa shape index (κ3) is 4.15. The molecule has 0 saturated heterocycles. The standard InChI is InChI=1S/C21H33N6/c1-14(2)18-10-20(26-25-18)24-21-11-22-19-13-27(4,8-7-17(19)23-21)12-16-6-5-15(3)9-16/h10-11,14-16H,5-9,12-13H2,1-4H3,(H2,23,24,25,26)/q+1. The molecule has 1 fully saturated rings. The Kier molecular flexibility index (Phi) is 4.93. The van der Waals surface area contributed by atoms with Gasteiger partial charge in [0, 0.05) is 24.1 Å². The van der Waals surface area contributed by atoms with Gasteiger partial charge in [-0.05, 0) is 24.7 Å². The molecule has 2 aromatic rings. The van der Waals surface area contributed by atoms with Gasteiger partial charge in [-0.1, -0.05) is 27.2 Å². The number of fused-ring (bicyclic) bond motifs is 1. The Morgan fingerprint density at radius 3 is 2.81 bits per heavy atom. The third-order valence-electron chi connectivity index (χ3n) is 6.33. The van der Waals surface area contributed by atoms with Gasteiger partial charge in [-0.3, -0.25) is 5.10 Å². The Morgan fingerprint density at radius 2 is 2.11 bits per heavy atom. The first kappa shape index (κ1) is 18.4. The van der Waals surface area contributed by atoms with E-state index < -0.39 is 0 Å². The van der Waals surface area contributed by atoms with Crippen LogP contribution in [-0.4, -0.2) is 44.8 Å². The van der Waals surface area contributed by atoms with E-state index in [-0.39, 0.29) is 0 Å². The highest BCUT2D eigenvalue weighted by atomic mass is 15.3. The zero-order valence-corrected chi connectivity index (χ0v) is 17.1. The summed E-state index contributed by atoms with van der Waals surface area (Å²) in [6.45, 7) is 10.2. The lowest BCUT2D eigenvalue weighted by molar-refractivity contribution is -0.927. The van der Waals surface area contributed by atoms with Crippen LogP contribution in [-0.2, 0) is 13.0 Å². The number of rotatable bonds is 5. The van der Waals surface area contributed by atoms with Crippen molar-refractivity contribution in [3.63, 3.8) is 0 Å². The van der Waals surface area contributed by atoms with E-state index in [2.05, 4.69) is 43.3 Å². The second-order valence-electron chi connectivity index (χ2n) is 9.35. The Labute approximate surface area is 162 Å². The first-order valence-corrected chi connectivity index (χ1v) is 10.4. The molecular weight excluding hydrogens is 336 g/mol. The van der Waals surface area contributed by atoms with Crippen LogP contribution in [0.4, 0.5) is 11.6 Å². The predicted molar refractivity (Wildman–Crippen MR) is 108 cm³/mol. The first-order chi connectivity index (χ1) is 12.9. The molecule has 2 aromatic heterocycles. The first-order valence-electron chi connectivity index (χ1n) is 10.4. The lowest BCUT2D eigenvalue weighted by Gasteiger charge is -2.39. The Morgan fingerprint density at radius 1 is 1.26 bits per heavy atom. The highest BCUT2D eigenvalue weighted by Crippen LogP contribution is 2.34. The third-order valence-corrected chi connectivity index (χ3v) is 6.33. The maximum atomic E-state index is 4.83. The maximum absolute atomic E-state index is 4.83. The highest BCUT2D eigenvalue weighted by Gasteiger charge is 2.35. The molecule has 6 heteroatoms. The van der Waals surface area contributed by atoms with Crippen LogP contribution in [0.25, 0.3) is 0 Å². The zero-order chi connectivity index (χ0) is 19.0. The molecule has 3 atom stereocenters. The fourth-order valence-electron chi connectivity index (χ4n) is 4.76. The van der Waals surface area contributed by atoms with Crippen molar-refractivity contribution >= 4 is 11.6 Å². The zero-order valence-electron chi connectivity index (χ0n) is 17.1. The smallest absolute Gasteiger partial charge is 0.153 e. The molecule has 0 aromatic carbocycles. The van der Waals surface area contributed by atoms with Crippen molar-refractivity contribution in [2.24, 2.45) is 11.8 Å². The van der Waals surface area contributed by atoms with Crippen LogP contribution < -0.4 is 5.32 Å². The summed E-state index contributed by atoms with van der Waals surface area (Å²) in [7, 11) is 2.40. The lowest BCUT2D eigenvalue weighted by Crippen LogP contribution is -2.50. The van der Waals surface area contributed by atoms with Crippen LogP contribution in [0.3, 0.4) is 0 Å². The molecule has 0 amide bonds. The van der Waals surface area contributed by atoms with E-state index >= 15 is 0 Å². The minimum atomic E-state index is 0.431. The van der Waals surface area contributed by atoms with Gasteiger partial charge >= 0.3 is 0 Å². The quantitative estimate of drug-likeness (QED) is 0.782. The van der Waals surface area contributed by atoms with Gasteiger partial charge in [0.15, 0.2) is 5.82 Å². The van der Waals surface area contributed by atoms with Crippen LogP contribution in [0.2, 0.25) is 0 Å². The van der Waals surface area contributed by atoms with Crippen molar-refractivity contribution in [3.05, 3.63) is 29.3 Å². The molecule has 2 N–H and O–H groups in total. The molecular formula is C21H33N6+. The number of nitrogens with one attached hydrogen (secondary N) is 2. The molecule has 146 valence electrons. The average Bonchev–Trinajstić information content (AvgIpc) is 3.24. The van der Waals surface area contributed by atoms with Crippen molar-refractivity contribution in [3.8, 4) is 0 Å². The second-order valence-corrected chi connectivity index (χ2v) is 9.35. The number of hydrogen-bond acceptors (Lipinski definition) is 4. The summed E-state index contributed by atoms with van der Waals surface area (Å²) >= 11 is 0. The predicted octanol–water partition coefficient (Wildman–Crippen LogP) is 4.01. The van der Waals surface area contributed by atoms with Gasteiger partial charge in [-0.25, -0.2) is 9.97 Å². The van der Waals surface area contributed by atoms with Gasteiger partial charge in [0.1, 0.15) is 18.1 Å². The fraction of sp³-hybridized carbons (Fsp3) is 0.667. The number of likely N-dealkylation sites (N-methyl/N-ethyl adjacent to an activating group) is 1. The molecule has 4 rings (SSSR count). The second kappa shape index (κ2) is 7.23. The summed E-state index contributed by atoms with van der Waals surface area (Å²) in [6, 6.07) is 2.04. The number of H-pyrrole nitrogens is 1. The molecule has 0 radical (unpaired) electrons. The van der Waals surface area contributed by atoms with Crippen LogP contribution in [0.1, 0.15) is 63.0 Å². The molecule has 6 nitrogen and oxygen atoms in total. The monoisotopic (exact) mass is 369 g/mol. The Balaban J connectivity index is 1.43. The molecule has 1 saturated carbocycles. The normalized spacial score (nSPS) is 27.7. The summed E-state index contributed by atoms with van der Waals surface area (Å²) < 4.78 is 1.11. The number of nitrogens with zero attached hydrogens (tertiary/aromatic N) is 4. The average molecular weight is 370 g/mol. The number of aromatic nitrogens is 4. The van der Waals surface area contributed by atoms with Crippen molar-refractivity contribution in [1.82, 2.24) is 20.2 Å². The summed E-state index contributed by atoms with van der Waals surface area (Å²) in [5.41, 5.74) is 3.44. The molecule has 0 spiro atoms. The number of aromatic amines is 1. The van der Waals surface area contributed by atoms with E-state index in [4.69, 9.17) is 9.97 Å². The van der Waals surface area contributed by atoms with Crippen LogP contribution in [0.5, 0.6) is 0 Å². The van der Waals surface area contributed by atoms with Gasteiger partial charge in [0.25, 0.3) is 0 Å². The molecule has 3 unspecified atom stereocenters. The molecule has 3 heterocycles. The number of hydrogen-bond donors (Lipinski definition) is 2. The largest absolute Gasteiger partial charge is 0.322 e. The van der Waals surface area contributed by atoms with Gasteiger partial charge in [0.05, 0.1) is 32.0 Å². The lowest BCUT2D eigenvalue weighted by atomic mass is 10.0. The van der Waals surface area contributed by atoms with E-state index in [1.54, 1.807) is 0 Å². The molecule has 0 bridgehead atoms. The minimum Gasteiger partial charge on any atom is -0.322 e. The topological polar surface area (TPSA) is 66.5 Å². The summed E-state index contributed by atoms with van der Waals surface area (Å²) in [6.07, 6.45) is 7.07. The van der Waals surface area contributed by atoms with Crippen LogP contribution in [0.15, 0.2) is 12.3 Å². The minimum absolute atomic E-state index is 0.431. The van der Waals surface area contributed by atoms with Crippen molar-refractivity contribution < 1.29 is 4.48 Å². The number of quaternary nitrogens is 1. The Bertz CT molecular complexity index is 798. The van der Waals surface area contributed by atoms with E-state index in [0.717, 1.165) is 58.9 Å².